The van der Waals surface area contributed by atoms with E-state index in [1.165, 1.54) is 11.3 Å². The predicted octanol–water partition coefficient (Wildman–Crippen LogP) is 3.71. The van der Waals surface area contributed by atoms with Crippen molar-refractivity contribution in [2.24, 2.45) is 0 Å². The Morgan fingerprint density at radius 3 is 2.91 bits per heavy atom. The number of anilines is 1. The summed E-state index contributed by atoms with van der Waals surface area (Å²) in [5.74, 6) is -0.212. The molecule has 0 saturated heterocycles. The van der Waals surface area contributed by atoms with E-state index in [0.29, 0.717) is 11.3 Å². The van der Waals surface area contributed by atoms with Crippen molar-refractivity contribution in [1.82, 2.24) is 14.4 Å². The molecular weight excluding hydrogens is 308 g/mol. The molecule has 0 aliphatic heterocycles. The molecular formula is C17H12N4OS. The lowest BCUT2D eigenvalue weighted by atomic mass is 10.2. The highest BCUT2D eigenvalue weighted by atomic mass is 32.1. The summed E-state index contributed by atoms with van der Waals surface area (Å²) in [6.07, 6.45) is 5.36. The van der Waals surface area contributed by atoms with Crippen LogP contribution in [0.5, 0.6) is 0 Å². The van der Waals surface area contributed by atoms with E-state index in [0.717, 1.165) is 16.3 Å². The highest BCUT2D eigenvalue weighted by molar-refractivity contribution is 7.14. The van der Waals surface area contributed by atoms with Crippen LogP contribution in [0.1, 0.15) is 10.5 Å². The molecule has 0 saturated carbocycles. The van der Waals surface area contributed by atoms with Gasteiger partial charge in [-0.05, 0) is 41.8 Å². The summed E-state index contributed by atoms with van der Waals surface area (Å²) in [7, 11) is 0. The first-order valence-corrected chi connectivity index (χ1v) is 7.92. The van der Waals surface area contributed by atoms with Gasteiger partial charge >= 0.3 is 0 Å². The van der Waals surface area contributed by atoms with Crippen molar-refractivity contribution in [3.8, 4) is 11.3 Å². The van der Waals surface area contributed by atoms with Gasteiger partial charge in [0.15, 0.2) is 0 Å². The highest BCUT2D eigenvalue weighted by Gasteiger charge is 2.12. The third-order valence-electron chi connectivity index (χ3n) is 3.41. The Balaban J connectivity index is 1.67. The van der Waals surface area contributed by atoms with E-state index in [9.17, 15) is 4.79 Å². The Bertz CT molecular complexity index is 961. The number of thiophene rings is 1. The molecule has 0 fully saturated rings. The Morgan fingerprint density at radius 2 is 2.13 bits per heavy atom. The zero-order chi connectivity index (χ0) is 15.6. The van der Waals surface area contributed by atoms with E-state index < -0.39 is 0 Å². The summed E-state index contributed by atoms with van der Waals surface area (Å²) in [6, 6.07) is 13.4. The average Bonchev–Trinajstić information content (AvgIpc) is 3.24. The second kappa shape index (κ2) is 5.66. The highest BCUT2D eigenvalue weighted by Crippen LogP contribution is 2.19. The number of carbonyl (C=O) groups is 1. The summed E-state index contributed by atoms with van der Waals surface area (Å²) in [5.41, 5.74) is 2.94. The van der Waals surface area contributed by atoms with E-state index in [1.807, 2.05) is 58.4 Å². The molecule has 6 heteroatoms. The van der Waals surface area contributed by atoms with Crippen LogP contribution in [-0.2, 0) is 0 Å². The summed E-state index contributed by atoms with van der Waals surface area (Å²) in [5, 5.41) is 5.56. The number of fused-ring (bicyclic) bond motifs is 1. The predicted molar refractivity (Wildman–Crippen MR) is 90.7 cm³/mol. The summed E-state index contributed by atoms with van der Waals surface area (Å²) >= 11 is 1.48. The number of amides is 1. The SMILES string of the molecule is O=C(Nc1cccs1)c1cn2ccc(-c3ccccn3)cc2n1. The van der Waals surface area contributed by atoms with Crippen LogP contribution in [0.25, 0.3) is 16.9 Å². The van der Waals surface area contributed by atoms with Crippen molar-refractivity contribution < 1.29 is 4.79 Å². The van der Waals surface area contributed by atoms with Crippen LogP contribution < -0.4 is 5.32 Å². The summed E-state index contributed by atoms with van der Waals surface area (Å²) in [6.45, 7) is 0. The van der Waals surface area contributed by atoms with Crippen LogP contribution in [0.15, 0.2) is 66.4 Å². The molecule has 4 aromatic heterocycles. The van der Waals surface area contributed by atoms with Gasteiger partial charge in [-0.3, -0.25) is 9.78 Å². The van der Waals surface area contributed by atoms with Crippen molar-refractivity contribution in [2.75, 3.05) is 5.32 Å². The molecule has 1 amide bonds. The molecule has 4 rings (SSSR count). The fourth-order valence-electron chi connectivity index (χ4n) is 2.31. The van der Waals surface area contributed by atoms with E-state index in [-0.39, 0.29) is 5.91 Å². The Kier molecular flexibility index (Phi) is 3.36. The zero-order valence-electron chi connectivity index (χ0n) is 12.0. The van der Waals surface area contributed by atoms with Gasteiger partial charge < -0.3 is 9.72 Å². The van der Waals surface area contributed by atoms with Gasteiger partial charge in [0.05, 0.1) is 10.7 Å². The van der Waals surface area contributed by atoms with Crippen LogP contribution in [0, 0.1) is 0 Å². The van der Waals surface area contributed by atoms with Gasteiger partial charge in [0, 0.05) is 24.2 Å². The molecule has 0 aliphatic carbocycles. The third kappa shape index (κ3) is 2.72. The van der Waals surface area contributed by atoms with Crippen LogP contribution in [0.2, 0.25) is 0 Å². The minimum atomic E-state index is -0.212. The quantitative estimate of drug-likeness (QED) is 0.626. The maximum Gasteiger partial charge on any atom is 0.276 e. The lowest BCUT2D eigenvalue weighted by molar-refractivity contribution is 0.102. The number of hydrogen-bond donors (Lipinski definition) is 1. The Labute approximate surface area is 136 Å². The van der Waals surface area contributed by atoms with Crippen molar-refractivity contribution in [2.45, 2.75) is 0 Å². The maximum absolute atomic E-state index is 12.2. The number of imidazole rings is 1. The third-order valence-corrected chi connectivity index (χ3v) is 4.20. The molecule has 0 bridgehead atoms. The largest absolute Gasteiger partial charge is 0.312 e. The van der Waals surface area contributed by atoms with Gasteiger partial charge in [-0.1, -0.05) is 6.07 Å². The first-order chi connectivity index (χ1) is 11.3. The van der Waals surface area contributed by atoms with Gasteiger partial charge in [0.1, 0.15) is 11.3 Å². The van der Waals surface area contributed by atoms with Gasteiger partial charge in [-0.15, -0.1) is 11.3 Å². The van der Waals surface area contributed by atoms with Crippen molar-refractivity contribution in [3.63, 3.8) is 0 Å². The molecule has 1 N–H and O–H groups in total. The molecule has 0 unspecified atom stereocenters. The first-order valence-electron chi connectivity index (χ1n) is 7.05. The zero-order valence-corrected chi connectivity index (χ0v) is 12.8. The van der Waals surface area contributed by atoms with E-state index in [1.54, 1.807) is 12.4 Å². The number of rotatable bonds is 3. The van der Waals surface area contributed by atoms with Crippen LogP contribution in [0.3, 0.4) is 0 Å². The number of carbonyl (C=O) groups excluding carboxylic acids is 1. The fourth-order valence-corrected chi connectivity index (χ4v) is 2.92. The lowest BCUT2D eigenvalue weighted by Gasteiger charge is -2.00. The Hall–Kier alpha value is -2.99. The maximum atomic E-state index is 12.2. The second-order valence-electron chi connectivity index (χ2n) is 4.95. The van der Waals surface area contributed by atoms with Crippen molar-refractivity contribution >= 4 is 27.9 Å². The van der Waals surface area contributed by atoms with E-state index in [2.05, 4.69) is 15.3 Å². The summed E-state index contributed by atoms with van der Waals surface area (Å²) < 4.78 is 1.83. The molecule has 112 valence electrons. The molecule has 0 spiro atoms. The number of pyridine rings is 2. The number of nitrogens with zero attached hydrogens (tertiary/aromatic N) is 3. The molecule has 4 heterocycles. The Morgan fingerprint density at radius 1 is 1.17 bits per heavy atom. The van der Waals surface area contributed by atoms with Crippen molar-refractivity contribution in [3.05, 3.63) is 72.1 Å². The minimum absolute atomic E-state index is 0.212. The molecule has 0 aliphatic rings. The second-order valence-corrected chi connectivity index (χ2v) is 5.90. The van der Waals surface area contributed by atoms with Crippen LogP contribution in [-0.4, -0.2) is 20.3 Å². The van der Waals surface area contributed by atoms with Gasteiger partial charge in [-0.25, -0.2) is 4.98 Å². The standard InChI is InChI=1S/C17H12N4OS/c22-17(20-16-5-3-9-23-16)14-11-21-8-6-12(10-15(21)19-14)13-4-1-2-7-18-13/h1-11H,(H,20,22). The number of hydrogen-bond acceptors (Lipinski definition) is 4. The monoisotopic (exact) mass is 320 g/mol. The summed E-state index contributed by atoms with van der Waals surface area (Å²) in [4.78, 5) is 21.0. The number of nitrogens with one attached hydrogen (secondary N) is 1. The van der Waals surface area contributed by atoms with Crippen molar-refractivity contribution in [1.29, 1.82) is 0 Å². The van der Waals surface area contributed by atoms with E-state index in [4.69, 9.17) is 0 Å². The van der Waals surface area contributed by atoms with Crippen LogP contribution in [0.4, 0.5) is 5.00 Å². The fraction of sp³-hybridized carbons (Fsp3) is 0. The molecule has 0 radical (unpaired) electrons. The van der Waals surface area contributed by atoms with Gasteiger partial charge in [0.2, 0.25) is 0 Å². The topological polar surface area (TPSA) is 59.3 Å². The number of aromatic nitrogens is 3. The molecule has 0 aromatic carbocycles. The average molecular weight is 320 g/mol. The van der Waals surface area contributed by atoms with E-state index >= 15 is 0 Å². The van der Waals surface area contributed by atoms with Gasteiger partial charge in [0.25, 0.3) is 5.91 Å². The normalized spacial score (nSPS) is 10.8. The minimum Gasteiger partial charge on any atom is -0.312 e. The first kappa shape index (κ1) is 13.7. The molecule has 0 atom stereocenters. The molecule has 23 heavy (non-hydrogen) atoms. The molecule has 5 nitrogen and oxygen atoms in total. The molecule has 4 aromatic rings. The smallest absolute Gasteiger partial charge is 0.276 e. The van der Waals surface area contributed by atoms with Crippen LogP contribution >= 0.6 is 11.3 Å². The van der Waals surface area contributed by atoms with Gasteiger partial charge in [-0.2, -0.15) is 0 Å². The lowest BCUT2D eigenvalue weighted by Crippen LogP contribution is -2.11.